The second-order valence-corrected chi connectivity index (χ2v) is 7.00. The molecule has 3 unspecified atom stereocenters. The highest BCUT2D eigenvalue weighted by molar-refractivity contribution is 8.02. The minimum absolute atomic E-state index is 0.122. The van der Waals surface area contributed by atoms with Crippen molar-refractivity contribution in [3.8, 4) is 0 Å². The minimum atomic E-state index is -1.07. The second kappa shape index (κ2) is 6.69. The van der Waals surface area contributed by atoms with E-state index in [0.717, 1.165) is 22.5 Å². The fraction of sp³-hybridized carbons (Fsp3) is 0.500. The first-order chi connectivity index (χ1) is 11.0. The van der Waals surface area contributed by atoms with E-state index in [4.69, 9.17) is 15.2 Å². The van der Waals surface area contributed by atoms with Gasteiger partial charge < -0.3 is 25.4 Å². The van der Waals surface area contributed by atoms with E-state index in [2.05, 4.69) is 4.98 Å². The van der Waals surface area contributed by atoms with Crippen molar-refractivity contribution in [3.05, 3.63) is 33.7 Å². The van der Waals surface area contributed by atoms with Crippen LogP contribution in [0.4, 0.5) is 10.2 Å². The van der Waals surface area contributed by atoms with E-state index >= 15 is 0 Å². The molecule has 3 heterocycles. The third-order valence-electron chi connectivity index (χ3n) is 3.25. The maximum absolute atomic E-state index is 13.4. The van der Waals surface area contributed by atoms with Gasteiger partial charge in [-0.3, -0.25) is 4.57 Å². The molecule has 4 N–H and O–H groups in total. The topological polar surface area (TPSA) is 120 Å². The number of aromatic nitrogens is 2. The van der Waals surface area contributed by atoms with Gasteiger partial charge in [-0.15, -0.1) is 11.8 Å². The molecule has 0 aromatic carbocycles. The summed E-state index contributed by atoms with van der Waals surface area (Å²) in [4.78, 5) is 15.1. The summed E-state index contributed by atoms with van der Waals surface area (Å²) in [5.41, 5.74) is 3.22. The number of aliphatic hydroxyl groups is 2. The molecule has 0 spiro atoms. The Bertz CT molecular complexity index is 685. The highest BCUT2D eigenvalue weighted by atomic mass is 32.2. The number of aliphatic hydroxyl groups excluding tert-OH is 2. The van der Waals surface area contributed by atoms with Crippen molar-refractivity contribution in [2.45, 2.75) is 23.2 Å². The van der Waals surface area contributed by atoms with Crippen molar-refractivity contribution in [1.29, 1.82) is 0 Å². The Hall–Kier alpha value is -1.27. The van der Waals surface area contributed by atoms with Crippen LogP contribution in [0.2, 0.25) is 0 Å². The van der Waals surface area contributed by atoms with Gasteiger partial charge in [0.1, 0.15) is 35.6 Å². The lowest BCUT2D eigenvalue weighted by Crippen LogP contribution is -2.30. The number of ether oxygens (including phenoxy) is 2. The molecule has 0 saturated carbocycles. The summed E-state index contributed by atoms with van der Waals surface area (Å²) < 4.78 is 25.5. The lowest BCUT2D eigenvalue weighted by Gasteiger charge is -2.17. The van der Waals surface area contributed by atoms with Crippen LogP contribution >= 0.6 is 23.5 Å². The Kier molecular flexibility index (Phi) is 4.82. The monoisotopic (exact) mass is 363 g/mol. The summed E-state index contributed by atoms with van der Waals surface area (Å²) in [5, 5.41) is 20.6. The molecule has 3 rings (SSSR count). The lowest BCUT2D eigenvalue weighted by atomic mass is 10.3. The number of nitrogens with zero attached hydrogens (tertiary/aromatic N) is 2. The Labute approximate surface area is 138 Å². The predicted octanol–water partition coefficient (Wildman–Crippen LogP) is -0.163. The molecule has 4 atom stereocenters. The number of nitrogen functional groups attached to an aromatic ring is 1. The number of hydrogen-bond acceptors (Lipinski definition) is 9. The molecule has 1 saturated heterocycles. The Balaban J connectivity index is 1.59. The maximum atomic E-state index is 13.4. The van der Waals surface area contributed by atoms with Crippen LogP contribution in [0.15, 0.2) is 22.2 Å². The van der Waals surface area contributed by atoms with Crippen LogP contribution in [0.5, 0.6) is 0 Å². The summed E-state index contributed by atoms with van der Waals surface area (Å²) in [6, 6.07) is 0. The minimum Gasteiger partial charge on any atom is -0.491 e. The SMILES string of the molecule is Nc1nc(=O)n([C@@H]2CSC(COC3=CSC(O)C3O)O2)cc1F. The number of halogens is 1. The first-order valence-electron chi connectivity index (χ1n) is 6.61. The average molecular weight is 363 g/mol. The Morgan fingerprint density at radius 3 is 3.04 bits per heavy atom. The molecular formula is C12H14FN3O5S2. The molecule has 126 valence electrons. The van der Waals surface area contributed by atoms with Crippen molar-refractivity contribution in [3.63, 3.8) is 0 Å². The molecule has 8 nitrogen and oxygen atoms in total. The lowest BCUT2D eigenvalue weighted by molar-refractivity contribution is -0.0250. The smallest absolute Gasteiger partial charge is 0.351 e. The standard InChI is InChI=1S/C12H14FN3O5S2/c13-5-1-16(12(19)15-10(5)14)7-4-22-8(21-7)2-20-6-3-23-11(18)9(6)17/h1,3,7-9,11,17-18H,2,4H2,(H2,14,15,19)/t7-,8?,9?,11?/m0/s1. The fourth-order valence-corrected chi connectivity index (χ4v) is 3.80. The summed E-state index contributed by atoms with van der Waals surface area (Å²) in [7, 11) is 0. The molecule has 2 aliphatic heterocycles. The van der Waals surface area contributed by atoms with E-state index in [1.54, 1.807) is 0 Å². The molecule has 1 aromatic rings. The van der Waals surface area contributed by atoms with Gasteiger partial charge in [-0.25, -0.2) is 9.18 Å². The number of anilines is 1. The van der Waals surface area contributed by atoms with E-state index in [1.165, 1.54) is 17.2 Å². The molecule has 0 amide bonds. The van der Waals surface area contributed by atoms with Crippen molar-refractivity contribution < 1.29 is 24.1 Å². The number of rotatable bonds is 4. The van der Waals surface area contributed by atoms with Gasteiger partial charge in [0.05, 0.1) is 6.20 Å². The first kappa shape index (κ1) is 16.6. The van der Waals surface area contributed by atoms with Gasteiger partial charge in [0.15, 0.2) is 11.6 Å². The number of hydrogen-bond donors (Lipinski definition) is 3. The zero-order valence-electron chi connectivity index (χ0n) is 11.7. The summed E-state index contributed by atoms with van der Waals surface area (Å²) >= 11 is 2.44. The van der Waals surface area contributed by atoms with Crippen LogP contribution < -0.4 is 11.4 Å². The molecule has 0 radical (unpaired) electrons. The normalized spacial score (nSPS) is 30.5. The predicted molar refractivity (Wildman–Crippen MR) is 82.9 cm³/mol. The fourth-order valence-electron chi connectivity index (χ4n) is 2.05. The van der Waals surface area contributed by atoms with Crippen LogP contribution in [0.1, 0.15) is 6.23 Å². The number of thioether (sulfide) groups is 2. The third-order valence-corrected chi connectivity index (χ3v) is 5.25. The molecular weight excluding hydrogens is 349 g/mol. The highest BCUT2D eigenvalue weighted by Gasteiger charge is 2.32. The van der Waals surface area contributed by atoms with Gasteiger partial charge in [0.25, 0.3) is 0 Å². The van der Waals surface area contributed by atoms with Crippen LogP contribution in [0.3, 0.4) is 0 Å². The summed E-state index contributed by atoms with van der Waals surface area (Å²) in [6.07, 6.45) is -0.776. The van der Waals surface area contributed by atoms with Gasteiger partial charge in [-0.05, 0) is 0 Å². The second-order valence-electron chi connectivity index (χ2n) is 4.82. The first-order valence-corrected chi connectivity index (χ1v) is 8.60. The van der Waals surface area contributed by atoms with Crippen LogP contribution in [0.25, 0.3) is 0 Å². The van der Waals surface area contributed by atoms with Gasteiger partial charge in [0, 0.05) is 11.2 Å². The molecule has 11 heteroatoms. The van der Waals surface area contributed by atoms with Gasteiger partial charge in [-0.1, -0.05) is 11.8 Å². The van der Waals surface area contributed by atoms with E-state index < -0.39 is 40.5 Å². The quantitative estimate of drug-likeness (QED) is 0.670. The van der Waals surface area contributed by atoms with Gasteiger partial charge in [-0.2, -0.15) is 4.98 Å². The average Bonchev–Trinajstić information content (AvgIpc) is 3.10. The zero-order valence-corrected chi connectivity index (χ0v) is 13.3. The van der Waals surface area contributed by atoms with E-state index in [9.17, 15) is 19.4 Å². The van der Waals surface area contributed by atoms with Crippen molar-refractivity contribution in [2.24, 2.45) is 0 Å². The molecule has 1 fully saturated rings. The van der Waals surface area contributed by atoms with Crippen molar-refractivity contribution in [1.82, 2.24) is 9.55 Å². The zero-order chi connectivity index (χ0) is 16.6. The summed E-state index contributed by atoms with van der Waals surface area (Å²) in [5.74, 6) is -0.552. The van der Waals surface area contributed by atoms with Gasteiger partial charge >= 0.3 is 5.69 Å². The van der Waals surface area contributed by atoms with Crippen LogP contribution in [0, 0.1) is 5.82 Å². The molecule has 0 aliphatic carbocycles. The van der Waals surface area contributed by atoms with E-state index in [0.29, 0.717) is 5.75 Å². The molecule has 0 bridgehead atoms. The molecule has 2 aliphatic rings. The number of nitrogens with two attached hydrogens (primary N) is 1. The van der Waals surface area contributed by atoms with Crippen molar-refractivity contribution in [2.75, 3.05) is 18.1 Å². The third kappa shape index (κ3) is 3.48. The highest BCUT2D eigenvalue weighted by Crippen LogP contribution is 2.34. The molecule has 1 aromatic heterocycles. The van der Waals surface area contributed by atoms with Crippen LogP contribution in [-0.2, 0) is 9.47 Å². The largest absolute Gasteiger partial charge is 0.491 e. The Morgan fingerprint density at radius 2 is 2.35 bits per heavy atom. The van der Waals surface area contributed by atoms with Crippen molar-refractivity contribution >= 4 is 29.3 Å². The summed E-state index contributed by atoms with van der Waals surface area (Å²) in [6.45, 7) is 0.122. The van der Waals surface area contributed by atoms with E-state index in [1.807, 2.05) is 0 Å². The van der Waals surface area contributed by atoms with E-state index in [-0.39, 0.29) is 12.4 Å². The van der Waals surface area contributed by atoms with Gasteiger partial charge in [0.2, 0.25) is 0 Å². The van der Waals surface area contributed by atoms with Crippen LogP contribution in [-0.4, -0.2) is 49.1 Å². The Morgan fingerprint density at radius 1 is 1.57 bits per heavy atom. The molecule has 23 heavy (non-hydrogen) atoms. The maximum Gasteiger partial charge on any atom is 0.351 e.